The first-order chi connectivity index (χ1) is 14.4. The Balaban J connectivity index is 1.42. The van der Waals surface area contributed by atoms with Gasteiger partial charge in [0.2, 0.25) is 5.82 Å². The normalized spacial score (nSPS) is 13.7. The fourth-order valence-corrected chi connectivity index (χ4v) is 3.73. The summed E-state index contributed by atoms with van der Waals surface area (Å²) in [5.41, 5.74) is -0.0411. The maximum absolute atomic E-state index is 13.3. The van der Waals surface area contributed by atoms with Crippen molar-refractivity contribution in [1.29, 1.82) is 0 Å². The van der Waals surface area contributed by atoms with Crippen molar-refractivity contribution in [2.75, 3.05) is 18.4 Å². The van der Waals surface area contributed by atoms with E-state index in [1.165, 1.54) is 29.2 Å². The van der Waals surface area contributed by atoms with Gasteiger partial charge in [0.25, 0.3) is 0 Å². The van der Waals surface area contributed by atoms with Crippen molar-refractivity contribution in [3.8, 4) is 10.6 Å². The minimum atomic E-state index is -0.647. The number of anilines is 1. The highest BCUT2D eigenvalue weighted by Gasteiger charge is 2.32. The summed E-state index contributed by atoms with van der Waals surface area (Å²) < 4.78 is 26.1. The van der Waals surface area contributed by atoms with E-state index < -0.39 is 21.9 Å². The minimum Gasteiger partial charge on any atom is -0.324 e. The topological polar surface area (TPSA) is 114 Å². The van der Waals surface area contributed by atoms with Crippen molar-refractivity contribution in [3.63, 3.8) is 0 Å². The van der Waals surface area contributed by atoms with Crippen LogP contribution in [0.1, 0.15) is 5.82 Å². The smallest absolute Gasteiger partial charge is 0.323 e. The van der Waals surface area contributed by atoms with Gasteiger partial charge in [-0.3, -0.25) is 15.4 Å². The molecule has 1 N–H and O–H groups in total. The average Bonchev–Trinajstić information content (AvgIpc) is 3.11. The molecule has 1 aliphatic heterocycles. The van der Waals surface area contributed by atoms with Gasteiger partial charge >= 0.3 is 11.7 Å². The van der Waals surface area contributed by atoms with Gasteiger partial charge in [0.15, 0.2) is 10.9 Å². The number of likely N-dealkylation sites (tertiary alicyclic amines) is 1. The molecule has 30 heavy (non-hydrogen) atoms. The molecule has 0 bridgehead atoms. The Morgan fingerprint density at radius 2 is 1.97 bits per heavy atom. The van der Waals surface area contributed by atoms with Gasteiger partial charge in [0, 0.05) is 31.5 Å². The van der Waals surface area contributed by atoms with Gasteiger partial charge < -0.3 is 4.90 Å². The van der Waals surface area contributed by atoms with Crippen LogP contribution in [0.2, 0.25) is 0 Å². The second-order valence-electron chi connectivity index (χ2n) is 6.65. The van der Waals surface area contributed by atoms with Crippen molar-refractivity contribution >= 4 is 28.9 Å². The van der Waals surface area contributed by atoms with E-state index >= 15 is 0 Å². The predicted molar refractivity (Wildman–Crippen MR) is 104 cm³/mol. The average molecular weight is 432 g/mol. The third-order valence-corrected chi connectivity index (χ3v) is 5.41. The van der Waals surface area contributed by atoms with Gasteiger partial charge in [-0.1, -0.05) is 0 Å². The molecule has 3 aromatic rings. The molecule has 9 nitrogen and oxygen atoms in total. The van der Waals surface area contributed by atoms with Gasteiger partial charge in [-0.2, -0.15) is 4.39 Å². The molecule has 1 saturated heterocycles. The number of halogens is 2. The highest BCUT2D eigenvalue weighted by molar-refractivity contribution is 7.13. The molecule has 0 unspecified atom stereocenters. The lowest BCUT2D eigenvalue weighted by molar-refractivity contribution is -0.384. The highest BCUT2D eigenvalue weighted by Crippen LogP contribution is 2.31. The number of thiophene rings is 1. The fourth-order valence-electron chi connectivity index (χ4n) is 3.03. The largest absolute Gasteiger partial charge is 0.324 e. The Bertz CT molecular complexity index is 1100. The summed E-state index contributed by atoms with van der Waals surface area (Å²) in [5, 5.41) is 13.3. The van der Waals surface area contributed by atoms with E-state index in [1.54, 1.807) is 0 Å². The number of carbonyl (C=O) groups excluding carboxylic acids is 1. The highest BCUT2D eigenvalue weighted by atomic mass is 32.1. The predicted octanol–water partition coefficient (Wildman–Crippen LogP) is 3.49. The van der Waals surface area contributed by atoms with Gasteiger partial charge in [-0.25, -0.2) is 24.1 Å². The number of hydrogen-bond acceptors (Lipinski definition) is 7. The Morgan fingerprint density at radius 1 is 1.23 bits per heavy atom. The van der Waals surface area contributed by atoms with Gasteiger partial charge in [0.1, 0.15) is 5.82 Å². The number of nitrogens with one attached hydrogen (secondary N) is 1. The van der Waals surface area contributed by atoms with E-state index in [4.69, 9.17) is 0 Å². The standard InChI is InChI=1S/C18H14F2N6O3S/c19-11-6-21-16(22-7-11)5-10-8-25(9-10)18(27)24-17-13(26(28)29)2-1-12(23-17)14-3-4-15(20)30-14/h1-4,6-7,10H,5,8-9H2,(H,23,24,27). The fraction of sp³-hybridized carbons (Fsp3) is 0.222. The van der Waals surface area contributed by atoms with Crippen molar-refractivity contribution in [2.45, 2.75) is 6.42 Å². The first-order valence-electron chi connectivity index (χ1n) is 8.82. The summed E-state index contributed by atoms with van der Waals surface area (Å²) in [7, 11) is 0. The van der Waals surface area contributed by atoms with Crippen molar-refractivity contribution in [1.82, 2.24) is 19.9 Å². The zero-order valence-corrected chi connectivity index (χ0v) is 16.1. The van der Waals surface area contributed by atoms with Crippen LogP contribution in [-0.2, 0) is 6.42 Å². The van der Waals surface area contributed by atoms with Crippen LogP contribution in [0.4, 0.5) is 25.1 Å². The lowest BCUT2D eigenvalue weighted by Crippen LogP contribution is -2.52. The molecule has 0 radical (unpaired) electrons. The van der Waals surface area contributed by atoms with Crippen molar-refractivity contribution in [3.05, 3.63) is 63.5 Å². The number of rotatable bonds is 5. The van der Waals surface area contributed by atoms with Gasteiger partial charge in [-0.15, -0.1) is 11.3 Å². The molecule has 0 spiro atoms. The summed E-state index contributed by atoms with van der Waals surface area (Å²) in [4.78, 5) is 37.0. The Labute approximate surface area is 172 Å². The van der Waals surface area contributed by atoms with E-state index in [-0.39, 0.29) is 17.4 Å². The summed E-state index contributed by atoms with van der Waals surface area (Å²) in [6, 6.07) is 4.88. The molecule has 2 amide bonds. The minimum absolute atomic E-state index is 0.101. The van der Waals surface area contributed by atoms with E-state index in [1.807, 2.05) is 0 Å². The van der Waals surface area contributed by atoms with E-state index in [9.17, 15) is 23.7 Å². The van der Waals surface area contributed by atoms with Gasteiger partial charge in [0.05, 0.1) is 27.9 Å². The molecule has 3 aromatic heterocycles. The molecule has 0 atom stereocenters. The van der Waals surface area contributed by atoms with E-state index in [0.717, 1.165) is 23.7 Å². The lowest BCUT2D eigenvalue weighted by atomic mass is 9.96. The summed E-state index contributed by atoms with van der Waals surface area (Å²) in [6.07, 6.45) is 2.66. The molecule has 0 aliphatic carbocycles. The molecule has 4 heterocycles. The Hall–Kier alpha value is -3.54. The number of hydrogen-bond donors (Lipinski definition) is 1. The Morgan fingerprint density at radius 3 is 2.60 bits per heavy atom. The molecular weight excluding hydrogens is 418 g/mol. The van der Waals surface area contributed by atoms with Crippen LogP contribution in [-0.4, -0.2) is 43.9 Å². The van der Waals surface area contributed by atoms with Crippen LogP contribution in [0, 0.1) is 27.0 Å². The molecule has 154 valence electrons. The number of nitro groups is 1. The quantitative estimate of drug-likeness (QED) is 0.488. The second-order valence-corrected chi connectivity index (χ2v) is 7.68. The number of urea groups is 1. The molecule has 12 heteroatoms. The maximum atomic E-state index is 13.3. The zero-order chi connectivity index (χ0) is 21.3. The molecule has 4 rings (SSSR count). The summed E-state index contributed by atoms with van der Waals surface area (Å²) >= 11 is 0.849. The summed E-state index contributed by atoms with van der Waals surface area (Å²) in [5.74, 6) is -0.143. The molecule has 1 fully saturated rings. The van der Waals surface area contributed by atoms with E-state index in [2.05, 4.69) is 20.3 Å². The third kappa shape index (κ3) is 4.22. The number of aromatic nitrogens is 3. The van der Waals surface area contributed by atoms with Crippen LogP contribution in [0.5, 0.6) is 0 Å². The van der Waals surface area contributed by atoms with Crippen molar-refractivity contribution in [2.24, 2.45) is 5.92 Å². The number of amides is 2. The third-order valence-electron chi connectivity index (χ3n) is 4.51. The van der Waals surface area contributed by atoms with Crippen LogP contribution < -0.4 is 5.32 Å². The molecule has 1 aliphatic rings. The SMILES string of the molecule is O=C(Nc1nc(-c2ccc(F)s2)ccc1[N+](=O)[O-])N1CC(Cc2ncc(F)cn2)C1. The van der Waals surface area contributed by atoms with Crippen molar-refractivity contribution < 1.29 is 18.5 Å². The molecule has 0 aromatic carbocycles. The van der Waals surface area contributed by atoms with Crippen LogP contribution in [0.25, 0.3) is 10.6 Å². The van der Waals surface area contributed by atoms with Crippen LogP contribution in [0.15, 0.2) is 36.7 Å². The monoisotopic (exact) mass is 432 g/mol. The number of nitrogens with zero attached hydrogens (tertiary/aromatic N) is 5. The van der Waals surface area contributed by atoms with Gasteiger partial charge in [-0.05, 0) is 18.2 Å². The van der Waals surface area contributed by atoms with Crippen LogP contribution in [0.3, 0.4) is 0 Å². The molecule has 0 saturated carbocycles. The lowest BCUT2D eigenvalue weighted by Gasteiger charge is -2.38. The number of pyridine rings is 1. The van der Waals surface area contributed by atoms with E-state index in [0.29, 0.717) is 35.9 Å². The Kier molecular flexibility index (Phi) is 5.31. The number of carbonyl (C=O) groups is 1. The zero-order valence-electron chi connectivity index (χ0n) is 15.3. The summed E-state index contributed by atoms with van der Waals surface area (Å²) in [6.45, 7) is 0.798. The first-order valence-corrected chi connectivity index (χ1v) is 9.64. The maximum Gasteiger partial charge on any atom is 0.323 e. The second kappa shape index (κ2) is 8.06. The molecular formula is C18H14F2N6O3S. The van der Waals surface area contributed by atoms with Crippen LogP contribution >= 0.6 is 11.3 Å². The first kappa shape index (κ1) is 19.8.